The molecule has 2 atom stereocenters. The predicted molar refractivity (Wildman–Crippen MR) is 200 cm³/mol. The molecular formula is C39H43ClFN6O6Si. The second-order valence-electron chi connectivity index (χ2n) is 15.3. The SMILES string of the molecule is CC1(C)C[C@@H](C(=O)O)N(C(=O)CNC(=O)c2ccc3c(c2)nc(CN2CCC(c4cccc(OCc5ccc(Cl)cc5F)n4)CC2)n3CC2([Si])CCO2)C1. The Morgan fingerprint density at radius 2 is 1.89 bits per heavy atom. The number of amides is 2. The third-order valence-electron chi connectivity index (χ3n) is 10.6. The number of hydrogen-bond acceptors (Lipinski definition) is 8. The van der Waals surface area contributed by atoms with Gasteiger partial charge in [-0.25, -0.2) is 19.2 Å². The zero-order chi connectivity index (χ0) is 38.2. The van der Waals surface area contributed by atoms with Gasteiger partial charge in [0.05, 0.1) is 39.6 Å². The molecule has 54 heavy (non-hydrogen) atoms. The maximum Gasteiger partial charge on any atom is 0.326 e. The van der Waals surface area contributed by atoms with E-state index in [1.165, 1.54) is 11.0 Å². The summed E-state index contributed by atoms with van der Waals surface area (Å²) in [6.45, 7) is 7.38. The molecule has 0 bridgehead atoms. The van der Waals surface area contributed by atoms with Gasteiger partial charge in [-0.1, -0.05) is 37.6 Å². The van der Waals surface area contributed by atoms with E-state index in [0.29, 0.717) is 60.2 Å². The fraction of sp³-hybridized carbons (Fsp3) is 0.462. The number of carboxylic acids is 1. The Morgan fingerprint density at radius 3 is 2.59 bits per heavy atom. The molecule has 0 spiro atoms. The standard InChI is InChI=1S/C39H43ClFN6O6Si/c1-38(2)18-32(37(50)51)47(22-38)35(48)19-42-36(49)25-7-9-31-30(16-25)43-33(46(31)23-39(54)12-15-53-39)20-45-13-10-24(11-14-45)29-4-3-5-34(44-29)52-21-26-6-8-27(40)17-28(26)41/h3-9,16-17,24,32H,10-15,18-23H2,1-2H3,(H,42,49)(H,50,51)/t32-,39?/m0/s1. The number of carbonyl (C=O) groups excluding carboxylic acids is 2. The molecule has 7 rings (SSSR count). The van der Waals surface area contributed by atoms with E-state index < -0.39 is 34.9 Å². The van der Waals surface area contributed by atoms with Crippen LogP contribution in [0.1, 0.15) is 72.9 Å². The quantitative estimate of drug-likeness (QED) is 0.193. The van der Waals surface area contributed by atoms with Gasteiger partial charge in [0.1, 0.15) is 24.3 Å². The van der Waals surface area contributed by atoms with Crippen LogP contribution >= 0.6 is 11.6 Å². The van der Waals surface area contributed by atoms with Crippen molar-refractivity contribution in [1.82, 2.24) is 29.7 Å². The average molecular weight is 774 g/mol. The van der Waals surface area contributed by atoms with Crippen molar-refractivity contribution in [2.75, 3.05) is 32.8 Å². The number of rotatable bonds is 12. The summed E-state index contributed by atoms with van der Waals surface area (Å²) in [6, 6.07) is 14.6. The van der Waals surface area contributed by atoms with Crippen LogP contribution in [-0.2, 0) is 34.0 Å². The molecular weight excluding hydrogens is 731 g/mol. The van der Waals surface area contributed by atoms with Crippen LogP contribution in [0.3, 0.4) is 0 Å². The number of nitrogens with one attached hydrogen (secondary N) is 1. The first-order valence-electron chi connectivity index (χ1n) is 18.2. The minimum absolute atomic E-state index is 0.0533. The predicted octanol–water partition coefficient (Wildman–Crippen LogP) is 4.91. The van der Waals surface area contributed by atoms with Crippen molar-refractivity contribution >= 4 is 50.7 Å². The van der Waals surface area contributed by atoms with Crippen molar-refractivity contribution in [1.29, 1.82) is 0 Å². The minimum Gasteiger partial charge on any atom is -0.480 e. The Bertz CT molecular complexity index is 2070. The highest BCUT2D eigenvalue weighted by molar-refractivity contribution is 6.30. The molecule has 5 heterocycles. The fourth-order valence-electron chi connectivity index (χ4n) is 7.57. The second-order valence-corrected chi connectivity index (χ2v) is 16.7. The summed E-state index contributed by atoms with van der Waals surface area (Å²) in [5.41, 5.74) is 2.90. The largest absolute Gasteiger partial charge is 0.480 e. The molecule has 15 heteroatoms. The fourth-order valence-corrected chi connectivity index (χ4v) is 8.10. The number of ether oxygens (including phenoxy) is 2. The molecule has 3 aliphatic heterocycles. The molecule has 1 unspecified atom stereocenters. The first kappa shape index (κ1) is 37.9. The Hall–Kier alpha value is -4.37. The van der Waals surface area contributed by atoms with Gasteiger partial charge in [-0.05, 0) is 80.6 Å². The number of hydrogen-bond donors (Lipinski definition) is 2. The monoisotopic (exact) mass is 773 g/mol. The third-order valence-corrected chi connectivity index (χ3v) is 11.4. The highest BCUT2D eigenvalue weighted by Gasteiger charge is 2.43. The topological polar surface area (TPSA) is 139 Å². The Balaban J connectivity index is 1.000. The first-order chi connectivity index (χ1) is 25.8. The van der Waals surface area contributed by atoms with E-state index in [0.717, 1.165) is 49.4 Å². The number of nitrogens with zero attached hydrogens (tertiary/aromatic N) is 5. The number of likely N-dealkylation sites (tertiary alicyclic amines) is 2. The molecule has 0 saturated carbocycles. The second kappa shape index (κ2) is 15.4. The molecule has 3 aliphatic rings. The number of benzene rings is 2. The summed E-state index contributed by atoms with van der Waals surface area (Å²) in [6.07, 6.45) is 2.99. The van der Waals surface area contributed by atoms with Crippen LogP contribution in [0.4, 0.5) is 4.39 Å². The zero-order valence-electron chi connectivity index (χ0n) is 30.3. The van der Waals surface area contributed by atoms with Gasteiger partial charge in [0.15, 0.2) is 0 Å². The smallest absolute Gasteiger partial charge is 0.326 e. The van der Waals surface area contributed by atoms with Gasteiger partial charge in [0.25, 0.3) is 5.91 Å². The molecule has 4 aromatic rings. The normalized spacial score (nSPS) is 21.6. The molecule has 2 N–H and O–H groups in total. The molecule has 2 aromatic carbocycles. The van der Waals surface area contributed by atoms with E-state index in [1.54, 1.807) is 30.3 Å². The molecule has 3 fully saturated rings. The van der Waals surface area contributed by atoms with Gasteiger partial charge >= 0.3 is 5.97 Å². The maximum absolute atomic E-state index is 14.3. The average Bonchev–Trinajstić information content (AvgIpc) is 3.65. The summed E-state index contributed by atoms with van der Waals surface area (Å²) >= 11 is 5.88. The van der Waals surface area contributed by atoms with Gasteiger partial charge in [0.2, 0.25) is 11.8 Å². The van der Waals surface area contributed by atoms with Crippen molar-refractivity contribution in [2.45, 2.75) is 76.4 Å². The number of pyridine rings is 1. The molecule has 3 radical (unpaired) electrons. The highest BCUT2D eigenvalue weighted by atomic mass is 35.5. The maximum atomic E-state index is 14.3. The summed E-state index contributed by atoms with van der Waals surface area (Å²) in [5, 5.41) is 12.2. The molecule has 2 aromatic heterocycles. The van der Waals surface area contributed by atoms with E-state index in [9.17, 15) is 23.9 Å². The van der Waals surface area contributed by atoms with Gasteiger partial charge in [0, 0.05) is 53.5 Å². The van der Waals surface area contributed by atoms with Crippen LogP contribution in [0.2, 0.25) is 5.02 Å². The van der Waals surface area contributed by atoms with E-state index in [4.69, 9.17) is 31.0 Å². The summed E-state index contributed by atoms with van der Waals surface area (Å²) in [7, 11) is 3.82. The Kier molecular flexibility index (Phi) is 10.8. The summed E-state index contributed by atoms with van der Waals surface area (Å²) in [5.74, 6) is -0.787. The number of halogens is 2. The van der Waals surface area contributed by atoms with Crippen molar-refractivity contribution < 1.29 is 33.4 Å². The van der Waals surface area contributed by atoms with E-state index in [-0.39, 0.29) is 24.5 Å². The van der Waals surface area contributed by atoms with Gasteiger partial charge in [-0.15, -0.1) is 0 Å². The van der Waals surface area contributed by atoms with Crippen molar-refractivity contribution in [3.05, 3.63) is 88.1 Å². The Morgan fingerprint density at radius 1 is 1.11 bits per heavy atom. The van der Waals surface area contributed by atoms with Crippen molar-refractivity contribution in [3.8, 4) is 5.88 Å². The van der Waals surface area contributed by atoms with Crippen LogP contribution in [0.5, 0.6) is 5.88 Å². The lowest BCUT2D eigenvalue weighted by molar-refractivity contribution is -0.147. The molecule has 0 aliphatic carbocycles. The lowest BCUT2D eigenvalue weighted by atomic mass is 9.91. The number of aromatic nitrogens is 3. The van der Waals surface area contributed by atoms with Crippen molar-refractivity contribution in [3.63, 3.8) is 0 Å². The van der Waals surface area contributed by atoms with E-state index >= 15 is 0 Å². The lowest BCUT2D eigenvalue weighted by Gasteiger charge is -2.39. The number of aliphatic carboxylic acids is 1. The number of imidazole rings is 1. The molecule has 3 saturated heterocycles. The highest BCUT2D eigenvalue weighted by Crippen LogP contribution is 2.34. The van der Waals surface area contributed by atoms with Crippen LogP contribution in [-0.4, -0.2) is 102 Å². The van der Waals surface area contributed by atoms with E-state index in [1.807, 2.05) is 32.0 Å². The van der Waals surface area contributed by atoms with Gasteiger partial charge in [-0.2, -0.15) is 0 Å². The first-order valence-corrected chi connectivity index (χ1v) is 19.1. The summed E-state index contributed by atoms with van der Waals surface area (Å²) < 4.78 is 28.1. The minimum atomic E-state index is -1.04. The number of piperidine rings is 1. The summed E-state index contributed by atoms with van der Waals surface area (Å²) in [4.78, 5) is 51.5. The number of fused-ring (bicyclic) bond motifs is 1. The molecule has 283 valence electrons. The van der Waals surface area contributed by atoms with Crippen molar-refractivity contribution in [2.24, 2.45) is 5.41 Å². The van der Waals surface area contributed by atoms with Crippen LogP contribution in [0, 0.1) is 11.2 Å². The lowest BCUT2D eigenvalue weighted by Crippen LogP contribution is -2.48. The van der Waals surface area contributed by atoms with Crippen LogP contribution in [0.15, 0.2) is 54.6 Å². The van der Waals surface area contributed by atoms with Crippen LogP contribution in [0.25, 0.3) is 11.0 Å². The van der Waals surface area contributed by atoms with Gasteiger partial charge in [-0.3, -0.25) is 14.5 Å². The Labute approximate surface area is 321 Å². The zero-order valence-corrected chi connectivity index (χ0v) is 32.1. The molecule has 2 amide bonds. The third kappa shape index (κ3) is 8.46. The number of carbonyl (C=O) groups is 3. The number of carboxylic acid groups (broad SMARTS) is 1. The van der Waals surface area contributed by atoms with Gasteiger partial charge < -0.3 is 29.4 Å². The molecule has 12 nitrogen and oxygen atoms in total. The van der Waals surface area contributed by atoms with E-state index in [2.05, 4.69) is 25.0 Å². The van der Waals surface area contributed by atoms with Crippen LogP contribution < -0.4 is 10.1 Å².